The highest BCUT2D eigenvalue weighted by atomic mass is 16.1. The van der Waals surface area contributed by atoms with Crippen LogP contribution in [0.4, 0.5) is 0 Å². The normalized spacial score (nSPS) is 13.7. The molecule has 0 radical (unpaired) electrons. The molecule has 0 aromatic heterocycles. The Kier molecular flexibility index (Phi) is 4.28. The summed E-state index contributed by atoms with van der Waals surface area (Å²) >= 11 is 0. The first-order chi connectivity index (χ1) is 4.59. The Balaban J connectivity index is 3.69. The minimum atomic E-state index is 0.0833. The number of hydrogen-bond acceptors (Lipinski definition) is 2. The fraction of sp³-hybridized carbons (Fsp3) is 0.875. The van der Waals surface area contributed by atoms with Crippen molar-refractivity contribution in [3.8, 4) is 0 Å². The van der Waals surface area contributed by atoms with Crippen LogP contribution in [0, 0.1) is 0 Å². The number of likely N-dealkylation sites (N-methyl/N-ethyl adjacent to an activating group) is 1. The highest BCUT2D eigenvalue weighted by Gasteiger charge is 2.11. The number of carbonyl (C=O) groups is 1. The van der Waals surface area contributed by atoms with Gasteiger partial charge in [0.1, 0.15) is 5.78 Å². The Labute approximate surface area is 63.2 Å². The van der Waals surface area contributed by atoms with E-state index in [2.05, 4.69) is 11.8 Å². The van der Waals surface area contributed by atoms with Crippen LogP contribution in [-0.4, -0.2) is 30.3 Å². The van der Waals surface area contributed by atoms with Crippen molar-refractivity contribution >= 4 is 5.78 Å². The van der Waals surface area contributed by atoms with Crippen molar-refractivity contribution in [2.75, 3.05) is 13.6 Å². The van der Waals surface area contributed by atoms with Gasteiger partial charge in [0.15, 0.2) is 0 Å². The quantitative estimate of drug-likeness (QED) is 0.591. The van der Waals surface area contributed by atoms with Gasteiger partial charge in [0.05, 0.1) is 6.04 Å². The molecule has 0 fully saturated rings. The second-order valence-electron chi connectivity index (χ2n) is 2.77. The number of carbonyl (C=O) groups excluding carboxylic acids is 1. The molecule has 0 heterocycles. The first-order valence-corrected chi connectivity index (χ1v) is 3.80. The van der Waals surface area contributed by atoms with Crippen molar-refractivity contribution in [3.63, 3.8) is 0 Å². The lowest BCUT2D eigenvalue weighted by atomic mass is 10.2. The molecule has 60 valence electrons. The average molecular weight is 143 g/mol. The molecule has 1 atom stereocenters. The monoisotopic (exact) mass is 143 g/mol. The van der Waals surface area contributed by atoms with Crippen LogP contribution in [0.3, 0.4) is 0 Å². The molecule has 0 saturated carbocycles. The first kappa shape index (κ1) is 9.63. The molecule has 0 aliphatic heterocycles. The van der Waals surface area contributed by atoms with E-state index in [4.69, 9.17) is 0 Å². The van der Waals surface area contributed by atoms with Crippen LogP contribution < -0.4 is 0 Å². The molecule has 0 aromatic carbocycles. The van der Waals surface area contributed by atoms with Gasteiger partial charge < -0.3 is 0 Å². The minimum absolute atomic E-state index is 0.0833. The van der Waals surface area contributed by atoms with Gasteiger partial charge in [-0.05, 0) is 33.9 Å². The van der Waals surface area contributed by atoms with E-state index in [0.29, 0.717) is 0 Å². The van der Waals surface area contributed by atoms with Gasteiger partial charge in [0.2, 0.25) is 0 Å². The summed E-state index contributed by atoms with van der Waals surface area (Å²) < 4.78 is 0. The Morgan fingerprint density at radius 1 is 1.60 bits per heavy atom. The first-order valence-electron chi connectivity index (χ1n) is 3.80. The summed E-state index contributed by atoms with van der Waals surface area (Å²) in [5.74, 6) is 0.246. The van der Waals surface area contributed by atoms with Crippen LogP contribution in [0.5, 0.6) is 0 Å². The highest BCUT2D eigenvalue weighted by Crippen LogP contribution is 1.96. The zero-order chi connectivity index (χ0) is 8.15. The summed E-state index contributed by atoms with van der Waals surface area (Å²) in [6, 6.07) is 0.0833. The van der Waals surface area contributed by atoms with Gasteiger partial charge in [0, 0.05) is 0 Å². The molecule has 2 nitrogen and oxygen atoms in total. The average Bonchev–Trinajstić information content (AvgIpc) is 1.87. The Hall–Kier alpha value is -0.370. The topological polar surface area (TPSA) is 20.3 Å². The van der Waals surface area contributed by atoms with Gasteiger partial charge in [-0.3, -0.25) is 9.69 Å². The smallest absolute Gasteiger partial charge is 0.146 e. The number of nitrogens with zero attached hydrogens (tertiary/aromatic N) is 1. The fourth-order valence-corrected chi connectivity index (χ4v) is 0.857. The van der Waals surface area contributed by atoms with Crippen LogP contribution >= 0.6 is 0 Å². The van der Waals surface area contributed by atoms with Gasteiger partial charge >= 0.3 is 0 Å². The van der Waals surface area contributed by atoms with Crippen LogP contribution in [0.1, 0.15) is 27.2 Å². The van der Waals surface area contributed by atoms with Gasteiger partial charge in [0.25, 0.3) is 0 Å². The molecule has 0 aromatic rings. The zero-order valence-electron chi connectivity index (χ0n) is 7.35. The summed E-state index contributed by atoms with van der Waals surface area (Å²) in [6.07, 6.45) is 1.11. The third-order valence-electron chi connectivity index (χ3n) is 1.83. The SMILES string of the molecule is CCCN(C)[C@@H](C)C(C)=O. The van der Waals surface area contributed by atoms with Crippen molar-refractivity contribution in [2.45, 2.75) is 33.2 Å². The van der Waals surface area contributed by atoms with Gasteiger partial charge in [-0.1, -0.05) is 6.92 Å². The summed E-state index contributed by atoms with van der Waals surface area (Å²) in [4.78, 5) is 12.9. The van der Waals surface area contributed by atoms with Crippen molar-refractivity contribution in [3.05, 3.63) is 0 Å². The van der Waals surface area contributed by atoms with Crippen molar-refractivity contribution in [2.24, 2.45) is 0 Å². The van der Waals surface area contributed by atoms with Crippen LogP contribution in [0.15, 0.2) is 0 Å². The molecule has 0 spiro atoms. The molecular formula is C8H17NO. The number of rotatable bonds is 4. The molecule has 2 heteroatoms. The molecular weight excluding hydrogens is 126 g/mol. The van der Waals surface area contributed by atoms with Crippen molar-refractivity contribution in [1.82, 2.24) is 4.90 Å². The third-order valence-corrected chi connectivity index (χ3v) is 1.83. The predicted molar refractivity (Wildman–Crippen MR) is 43.1 cm³/mol. The lowest BCUT2D eigenvalue weighted by Crippen LogP contribution is -2.34. The molecule has 0 saturated heterocycles. The van der Waals surface area contributed by atoms with E-state index in [-0.39, 0.29) is 11.8 Å². The maximum absolute atomic E-state index is 10.8. The third kappa shape index (κ3) is 2.97. The van der Waals surface area contributed by atoms with Gasteiger partial charge in [-0.25, -0.2) is 0 Å². The molecule has 0 aliphatic rings. The molecule has 0 rings (SSSR count). The Morgan fingerprint density at radius 3 is 2.40 bits per heavy atom. The largest absolute Gasteiger partial charge is 0.298 e. The second-order valence-corrected chi connectivity index (χ2v) is 2.77. The lowest BCUT2D eigenvalue weighted by Gasteiger charge is -2.21. The fourth-order valence-electron chi connectivity index (χ4n) is 0.857. The lowest BCUT2D eigenvalue weighted by molar-refractivity contribution is -0.121. The maximum atomic E-state index is 10.8. The van der Waals surface area contributed by atoms with E-state index in [9.17, 15) is 4.79 Å². The molecule has 0 amide bonds. The number of Topliss-reactive ketones (excluding diaryl/α,β-unsaturated/α-hetero) is 1. The van der Waals surface area contributed by atoms with E-state index in [1.165, 1.54) is 0 Å². The highest BCUT2D eigenvalue weighted by molar-refractivity contribution is 5.80. The maximum Gasteiger partial charge on any atom is 0.146 e. The van der Waals surface area contributed by atoms with Crippen LogP contribution in [-0.2, 0) is 4.79 Å². The van der Waals surface area contributed by atoms with Gasteiger partial charge in [-0.15, -0.1) is 0 Å². The molecule has 10 heavy (non-hydrogen) atoms. The summed E-state index contributed by atoms with van der Waals surface area (Å²) in [7, 11) is 1.98. The van der Waals surface area contributed by atoms with E-state index in [0.717, 1.165) is 13.0 Å². The van der Waals surface area contributed by atoms with Crippen LogP contribution in [0.25, 0.3) is 0 Å². The molecule has 0 unspecified atom stereocenters. The number of hydrogen-bond donors (Lipinski definition) is 0. The van der Waals surface area contributed by atoms with E-state index in [1.54, 1.807) is 6.92 Å². The van der Waals surface area contributed by atoms with Crippen molar-refractivity contribution in [1.29, 1.82) is 0 Å². The molecule has 0 N–H and O–H groups in total. The number of ketones is 1. The summed E-state index contributed by atoms with van der Waals surface area (Å²) in [6.45, 7) is 6.69. The van der Waals surface area contributed by atoms with Gasteiger partial charge in [-0.2, -0.15) is 0 Å². The molecule has 0 aliphatic carbocycles. The van der Waals surface area contributed by atoms with Crippen molar-refractivity contribution < 1.29 is 4.79 Å². The summed E-state index contributed by atoms with van der Waals surface area (Å²) in [5, 5.41) is 0. The van der Waals surface area contributed by atoms with Crippen LogP contribution in [0.2, 0.25) is 0 Å². The summed E-state index contributed by atoms with van der Waals surface area (Å²) in [5.41, 5.74) is 0. The molecule has 0 bridgehead atoms. The predicted octanol–water partition coefficient (Wildman–Crippen LogP) is 1.31. The Bertz CT molecular complexity index is 112. The standard InChI is InChI=1S/C8H17NO/c1-5-6-9(4)7(2)8(3)10/h7H,5-6H2,1-4H3/t7-/m0/s1. The van der Waals surface area contributed by atoms with E-state index >= 15 is 0 Å². The zero-order valence-corrected chi connectivity index (χ0v) is 7.35. The minimum Gasteiger partial charge on any atom is -0.298 e. The van der Waals surface area contributed by atoms with E-state index < -0.39 is 0 Å². The van der Waals surface area contributed by atoms with E-state index in [1.807, 2.05) is 14.0 Å². The second kappa shape index (κ2) is 4.45. The Morgan fingerprint density at radius 2 is 2.10 bits per heavy atom.